The van der Waals surface area contributed by atoms with Crippen LogP contribution in [-0.2, 0) is 19.1 Å². The molecule has 4 atom stereocenters. The van der Waals surface area contributed by atoms with Crippen LogP contribution in [-0.4, -0.2) is 98.1 Å². The molecule has 0 aliphatic carbocycles. The summed E-state index contributed by atoms with van der Waals surface area (Å²) in [6.07, 6.45) is 5.54. The van der Waals surface area contributed by atoms with Gasteiger partial charge in [0.15, 0.2) is 0 Å². The normalized spacial score (nSPS) is 18.0. The van der Waals surface area contributed by atoms with E-state index in [4.69, 9.17) is 14.5 Å². The predicted molar refractivity (Wildman–Crippen MR) is 216 cm³/mol. The molecule has 5 aromatic rings. The molecule has 2 aliphatic rings. The Labute approximate surface area is 335 Å². The molecule has 5 heterocycles. The van der Waals surface area contributed by atoms with Gasteiger partial charge in [0.05, 0.1) is 60.3 Å². The van der Waals surface area contributed by atoms with Crippen LogP contribution in [0.15, 0.2) is 54.9 Å². The fourth-order valence-electron chi connectivity index (χ4n) is 7.71. The van der Waals surface area contributed by atoms with E-state index in [0.717, 1.165) is 74.8 Å². The van der Waals surface area contributed by atoms with E-state index in [9.17, 15) is 19.2 Å². The number of imidazole rings is 2. The minimum atomic E-state index is -0.699. The summed E-state index contributed by atoms with van der Waals surface area (Å²) in [5.41, 5.74) is 5.60. The number of ether oxygens (including phenoxy) is 2. The standard InChI is InChI=1S/C41H49N9O6S/c1-22(2)33(47-40(53)55-5)38(51)49-17-7-9-30(49)35-42-20-28(44-35)25-13-11-24(12-14-25)26-15-16-27-32(19-26)57-37(46-27)29-21-43-36(45-29)31-10-8-18-50(31)39(52)34(23(3)4)48-41(54)56-6/h11-16,19-23,30-31,33-34H,7-10,17-18H2,1-6H3,(H,42,44)(H,43,45)(H,47,53)(H,48,54)/t30-,31-,33-,34-/m0/s1. The van der Waals surface area contributed by atoms with Gasteiger partial charge in [-0.1, -0.05) is 58.0 Å². The number of alkyl carbamates (subject to hydrolysis) is 2. The van der Waals surface area contributed by atoms with Crippen molar-refractivity contribution < 1.29 is 28.7 Å². The first-order chi connectivity index (χ1) is 27.4. The van der Waals surface area contributed by atoms with Crippen LogP contribution in [0.3, 0.4) is 0 Å². The van der Waals surface area contributed by atoms with Crippen LogP contribution in [0.4, 0.5) is 9.59 Å². The molecule has 0 bridgehead atoms. The summed E-state index contributed by atoms with van der Waals surface area (Å²) in [6, 6.07) is 12.7. The third kappa shape index (κ3) is 8.22. The molecule has 57 heavy (non-hydrogen) atoms. The van der Waals surface area contributed by atoms with Crippen molar-refractivity contribution in [2.45, 2.75) is 77.5 Å². The summed E-state index contributed by atoms with van der Waals surface area (Å²) in [5, 5.41) is 6.19. The second kappa shape index (κ2) is 16.8. The van der Waals surface area contributed by atoms with E-state index in [1.165, 1.54) is 14.2 Å². The van der Waals surface area contributed by atoms with Crippen molar-refractivity contribution in [2.24, 2.45) is 11.8 Å². The zero-order chi connectivity index (χ0) is 40.4. The first-order valence-electron chi connectivity index (χ1n) is 19.4. The fraction of sp³-hybridized carbons (Fsp3) is 0.439. The summed E-state index contributed by atoms with van der Waals surface area (Å²) in [7, 11) is 2.58. The topological polar surface area (TPSA) is 188 Å². The largest absolute Gasteiger partial charge is 0.453 e. The molecule has 15 nitrogen and oxygen atoms in total. The Morgan fingerprint density at radius 1 is 0.719 bits per heavy atom. The third-order valence-electron chi connectivity index (χ3n) is 10.8. The van der Waals surface area contributed by atoms with Crippen molar-refractivity contribution in [3.63, 3.8) is 0 Å². The number of carbonyl (C=O) groups excluding carboxylic acids is 4. The maximum Gasteiger partial charge on any atom is 0.407 e. The van der Waals surface area contributed by atoms with Crippen molar-refractivity contribution in [1.29, 1.82) is 0 Å². The van der Waals surface area contributed by atoms with Crippen LogP contribution in [0.2, 0.25) is 0 Å². The number of rotatable bonds is 11. The van der Waals surface area contributed by atoms with Crippen molar-refractivity contribution >= 4 is 45.6 Å². The molecule has 7 rings (SSSR count). The molecule has 300 valence electrons. The number of benzene rings is 2. The number of thiazole rings is 1. The van der Waals surface area contributed by atoms with E-state index in [0.29, 0.717) is 18.9 Å². The van der Waals surface area contributed by atoms with E-state index in [1.807, 2.05) is 33.8 Å². The number of aromatic nitrogens is 5. The fourth-order valence-corrected chi connectivity index (χ4v) is 8.68. The lowest BCUT2D eigenvalue weighted by Gasteiger charge is -2.30. The molecule has 4 N–H and O–H groups in total. The Hall–Kier alpha value is -5.77. The number of carbonyl (C=O) groups is 4. The molecular weight excluding hydrogens is 747 g/mol. The number of aromatic amines is 2. The maximum atomic E-state index is 13.6. The van der Waals surface area contributed by atoms with Crippen molar-refractivity contribution in [3.05, 3.63) is 66.5 Å². The quantitative estimate of drug-likeness (QED) is 0.111. The molecule has 3 aromatic heterocycles. The highest BCUT2D eigenvalue weighted by Gasteiger charge is 2.39. The minimum absolute atomic E-state index is 0.108. The van der Waals surface area contributed by atoms with Gasteiger partial charge < -0.3 is 39.9 Å². The Morgan fingerprint density at radius 2 is 1.21 bits per heavy atom. The predicted octanol–water partition coefficient (Wildman–Crippen LogP) is 6.83. The lowest BCUT2D eigenvalue weighted by molar-refractivity contribution is -0.136. The molecule has 2 saturated heterocycles. The molecule has 2 aromatic carbocycles. The van der Waals surface area contributed by atoms with Gasteiger partial charge in [0.2, 0.25) is 11.8 Å². The van der Waals surface area contributed by atoms with Gasteiger partial charge in [-0.2, -0.15) is 0 Å². The SMILES string of the molecule is COC(=O)N[C@H](C(=O)N1CCC[C@H]1c1ncc(-c2ccc(-c3ccc4nc(-c5cnc([C@@H]6CCCN6C(=O)[C@@H](NC(=O)OC)C(C)C)[nH]5)sc4c3)cc2)[nH]1)C(C)C. The second-order valence-electron chi connectivity index (χ2n) is 15.2. The molecule has 0 radical (unpaired) electrons. The zero-order valence-corrected chi connectivity index (χ0v) is 33.8. The summed E-state index contributed by atoms with van der Waals surface area (Å²) in [4.78, 5) is 75.8. The lowest BCUT2D eigenvalue weighted by atomic mass is 10.0. The first-order valence-corrected chi connectivity index (χ1v) is 20.2. The van der Waals surface area contributed by atoms with Gasteiger partial charge in [-0.3, -0.25) is 9.59 Å². The van der Waals surface area contributed by atoms with Crippen LogP contribution in [0, 0.1) is 11.8 Å². The van der Waals surface area contributed by atoms with E-state index >= 15 is 0 Å². The third-order valence-corrected chi connectivity index (χ3v) is 11.9. The first kappa shape index (κ1) is 39.5. The highest BCUT2D eigenvalue weighted by molar-refractivity contribution is 7.21. The summed E-state index contributed by atoms with van der Waals surface area (Å²) < 4.78 is 10.6. The molecule has 0 saturated carbocycles. The van der Waals surface area contributed by atoms with Gasteiger partial charge in [0.1, 0.15) is 28.7 Å². The molecule has 0 unspecified atom stereocenters. The van der Waals surface area contributed by atoms with Gasteiger partial charge >= 0.3 is 12.2 Å². The van der Waals surface area contributed by atoms with Gasteiger partial charge in [-0.05, 0) is 66.3 Å². The summed E-state index contributed by atoms with van der Waals surface area (Å²) in [6.45, 7) is 8.77. The number of hydrogen-bond donors (Lipinski definition) is 4. The minimum Gasteiger partial charge on any atom is -0.453 e. The molecule has 2 aliphatic heterocycles. The molecule has 0 spiro atoms. The van der Waals surface area contributed by atoms with Crippen LogP contribution >= 0.6 is 11.3 Å². The summed E-state index contributed by atoms with van der Waals surface area (Å²) in [5.74, 6) is 0.902. The van der Waals surface area contributed by atoms with Crippen LogP contribution < -0.4 is 10.6 Å². The van der Waals surface area contributed by atoms with Crippen LogP contribution in [0.5, 0.6) is 0 Å². The zero-order valence-electron chi connectivity index (χ0n) is 33.0. The van der Waals surface area contributed by atoms with E-state index < -0.39 is 24.3 Å². The van der Waals surface area contributed by atoms with Crippen molar-refractivity contribution in [3.8, 4) is 33.1 Å². The number of nitrogens with zero attached hydrogens (tertiary/aromatic N) is 5. The number of nitrogens with one attached hydrogen (secondary N) is 4. The van der Waals surface area contributed by atoms with Gasteiger partial charge in [0.25, 0.3) is 0 Å². The van der Waals surface area contributed by atoms with Crippen LogP contribution in [0.1, 0.15) is 77.1 Å². The number of H-pyrrole nitrogens is 2. The highest BCUT2D eigenvalue weighted by atomic mass is 32.1. The highest BCUT2D eigenvalue weighted by Crippen LogP contribution is 2.37. The van der Waals surface area contributed by atoms with Crippen molar-refractivity contribution in [2.75, 3.05) is 27.3 Å². The average molecular weight is 796 g/mol. The van der Waals surface area contributed by atoms with E-state index in [2.05, 4.69) is 67.0 Å². The second-order valence-corrected chi connectivity index (χ2v) is 16.3. The van der Waals surface area contributed by atoms with Gasteiger partial charge in [-0.25, -0.2) is 24.5 Å². The smallest absolute Gasteiger partial charge is 0.407 e. The molecule has 2 fully saturated rings. The number of amides is 4. The Balaban J connectivity index is 1.03. The Bertz CT molecular complexity index is 2250. The van der Waals surface area contributed by atoms with Gasteiger partial charge in [0, 0.05) is 13.1 Å². The van der Waals surface area contributed by atoms with E-state index in [1.54, 1.807) is 33.5 Å². The average Bonchev–Trinajstić information content (AvgIpc) is 4.06. The number of hydrogen-bond acceptors (Lipinski definition) is 10. The molecule has 4 amide bonds. The number of methoxy groups -OCH3 is 2. The van der Waals surface area contributed by atoms with E-state index in [-0.39, 0.29) is 35.7 Å². The number of likely N-dealkylation sites (tertiary alicyclic amines) is 2. The number of fused-ring (bicyclic) bond motifs is 1. The molecular formula is C41H49N9O6S. The van der Waals surface area contributed by atoms with Crippen LogP contribution in [0.25, 0.3) is 43.3 Å². The maximum absolute atomic E-state index is 13.6. The van der Waals surface area contributed by atoms with Crippen molar-refractivity contribution in [1.82, 2.24) is 45.4 Å². The Kier molecular flexibility index (Phi) is 11.6. The Morgan fingerprint density at radius 3 is 1.74 bits per heavy atom. The van der Waals surface area contributed by atoms with Gasteiger partial charge in [-0.15, -0.1) is 11.3 Å². The summed E-state index contributed by atoms with van der Waals surface area (Å²) >= 11 is 1.57. The lowest BCUT2D eigenvalue weighted by Crippen LogP contribution is -2.51. The molecule has 16 heteroatoms. The monoisotopic (exact) mass is 795 g/mol.